The highest BCUT2D eigenvalue weighted by Gasteiger charge is 2.10. The second kappa shape index (κ2) is 28.3. The second-order valence-corrected chi connectivity index (χ2v) is 13.5. The minimum Gasteiger partial charge on any atom is -0.756 e. The number of phosphoric ester groups is 2. The van der Waals surface area contributed by atoms with E-state index in [1.807, 2.05) is 0 Å². The highest BCUT2D eigenvalue weighted by atomic mass is 31.2. The fourth-order valence-electron chi connectivity index (χ4n) is 4.34. The van der Waals surface area contributed by atoms with E-state index in [0.717, 1.165) is 25.7 Å². The molecule has 39 heavy (non-hydrogen) atoms. The summed E-state index contributed by atoms with van der Waals surface area (Å²) in [4.78, 5) is 23.6. The minimum absolute atomic E-state index is 0.0169. The Bertz CT molecular complexity index is 556. The summed E-state index contributed by atoms with van der Waals surface area (Å²) in [6.07, 6.45) is 25.0. The van der Waals surface area contributed by atoms with Gasteiger partial charge in [0, 0.05) is 0 Å². The molecule has 0 N–H and O–H groups in total. The van der Waals surface area contributed by atoms with Crippen LogP contribution in [0.15, 0.2) is 0 Å². The molecule has 0 heterocycles. The Hall–Kier alpha value is 0.220. The lowest BCUT2D eigenvalue weighted by atomic mass is 10.1. The Morgan fingerprint density at radius 1 is 0.359 bits per heavy atom. The van der Waals surface area contributed by atoms with Gasteiger partial charge in [0.1, 0.15) is 0 Å². The normalized spacial score (nSPS) is 14.9. The lowest BCUT2D eigenvalue weighted by Crippen LogP contribution is -2.11. The topological polar surface area (TPSA) is 117 Å². The standard InChI is InChI=1S/C29H62O8P2/c1-3-5-7-9-11-13-15-17-19-22-26-34-38(30,31)36-28-24-21-25-29-37-39(32,33)35-27-23-20-18-16-14-12-10-8-6-4-2/h3-29H2,1-2H3,(H,30,31)(H,32,33)/p-2. The van der Waals surface area contributed by atoms with Crippen molar-refractivity contribution in [1.82, 2.24) is 0 Å². The van der Waals surface area contributed by atoms with Crippen LogP contribution in [0.1, 0.15) is 162 Å². The number of rotatable bonds is 32. The van der Waals surface area contributed by atoms with Gasteiger partial charge < -0.3 is 27.9 Å². The molecule has 0 aliphatic heterocycles. The van der Waals surface area contributed by atoms with Crippen molar-refractivity contribution in [3.63, 3.8) is 0 Å². The van der Waals surface area contributed by atoms with Gasteiger partial charge in [0.05, 0.1) is 26.4 Å². The summed E-state index contributed by atoms with van der Waals surface area (Å²) in [5, 5.41) is 0. The quantitative estimate of drug-likeness (QED) is 0.0556. The Morgan fingerprint density at radius 3 is 0.769 bits per heavy atom. The molecule has 0 aliphatic rings. The summed E-state index contributed by atoms with van der Waals surface area (Å²) in [6, 6.07) is 0. The zero-order valence-electron chi connectivity index (χ0n) is 25.3. The molecule has 236 valence electrons. The lowest BCUT2D eigenvalue weighted by molar-refractivity contribution is -0.226. The van der Waals surface area contributed by atoms with Gasteiger partial charge in [-0.05, 0) is 32.1 Å². The van der Waals surface area contributed by atoms with Gasteiger partial charge in [-0.3, -0.25) is 9.13 Å². The fraction of sp³-hybridized carbons (Fsp3) is 1.00. The van der Waals surface area contributed by atoms with Crippen molar-refractivity contribution in [2.75, 3.05) is 26.4 Å². The highest BCUT2D eigenvalue weighted by Crippen LogP contribution is 2.39. The summed E-state index contributed by atoms with van der Waals surface area (Å²) in [7, 11) is -8.56. The molecule has 0 amide bonds. The molecule has 2 atom stereocenters. The van der Waals surface area contributed by atoms with Gasteiger partial charge in [-0.15, -0.1) is 0 Å². The zero-order valence-corrected chi connectivity index (χ0v) is 27.0. The first-order chi connectivity index (χ1) is 18.8. The van der Waals surface area contributed by atoms with Crippen molar-refractivity contribution >= 4 is 15.6 Å². The summed E-state index contributed by atoms with van der Waals surface area (Å²) in [5.41, 5.74) is 0. The average molecular weight is 599 g/mol. The zero-order chi connectivity index (χ0) is 28.9. The molecule has 0 aromatic rings. The number of hydrogen-bond donors (Lipinski definition) is 0. The van der Waals surface area contributed by atoms with Crippen molar-refractivity contribution in [3.05, 3.63) is 0 Å². The molecule has 0 saturated heterocycles. The van der Waals surface area contributed by atoms with Gasteiger partial charge in [0.25, 0.3) is 15.6 Å². The molecule has 0 bridgehead atoms. The minimum atomic E-state index is -4.28. The third-order valence-corrected chi connectivity index (χ3v) is 8.78. The van der Waals surface area contributed by atoms with Crippen molar-refractivity contribution < 1.29 is 37.0 Å². The van der Waals surface area contributed by atoms with Crippen LogP contribution in [0.25, 0.3) is 0 Å². The molecule has 0 aromatic heterocycles. The van der Waals surface area contributed by atoms with Crippen LogP contribution in [0.4, 0.5) is 0 Å². The van der Waals surface area contributed by atoms with Crippen LogP contribution >= 0.6 is 15.6 Å². The van der Waals surface area contributed by atoms with Crippen molar-refractivity contribution in [1.29, 1.82) is 0 Å². The first-order valence-corrected chi connectivity index (χ1v) is 19.0. The third kappa shape index (κ3) is 31.0. The van der Waals surface area contributed by atoms with Crippen LogP contribution in [0.3, 0.4) is 0 Å². The molecule has 0 fully saturated rings. The Labute approximate surface area is 240 Å². The van der Waals surface area contributed by atoms with Crippen LogP contribution in [0, 0.1) is 0 Å². The summed E-state index contributed by atoms with van der Waals surface area (Å²) < 4.78 is 43.3. The van der Waals surface area contributed by atoms with Gasteiger partial charge in [0.2, 0.25) is 0 Å². The maximum atomic E-state index is 11.8. The third-order valence-electron chi connectivity index (χ3n) is 6.78. The van der Waals surface area contributed by atoms with Crippen LogP contribution in [-0.2, 0) is 27.2 Å². The summed E-state index contributed by atoms with van der Waals surface area (Å²) in [5.74, 6) is 0. The Kier molecular flexibility index (Phi) is 28.5. The second-order valence-electron chi connectivity index (χ2n) is 10.7. The number of hydrogen-bond acceptors (Lipinski definition) is 8. The number of phosphoric acid groups is 2. The van der Waals surface area contributed by atoms with Crippen LogP contribution in [-0.4, -0.2) is 26.4 Å². The van der Waals surface area contributed by atoms with E-state index in [-0.39, 0.29) is 26.4 Å². The van der Waals surface area contributed by atoms with E-state index in [9.17, 15) is 18.9 Å². The van der Waals surface area contributed by atoms with Crippen LogP contribution in [0.2, 0.25) is 0 Å². The Balaban J connectivity index is 3.51. The number of unbranched alkanes of at least 4 members (excludes halogenated alkanes) is 20. The molecule has 0 rings (SSSR count). The van der Waals surface area contributed by atoms with Gasteiger partial charge in [-0.25, -0.2) is 0 Å². The monoisotopic (exact) mass is 598 g/mol. The molecule has 8 nitrogen and oxygen atoms in total. The SMILES string of the molecule is CCCCCCCCCCCCOP(=O)([O-])OCCCCCOP(=O)([O-])OCCCCCCCCCCCC. The molecule has 2 unspecified atom stereocenters. The molecular weight excluding hydrogens is 538 g/mol. The summed E-state index contributed by atoms with van der Waals surface area (Å²) >= 11 is 0. The van der Waals surface area contributed by atoms with Crippen molar-refractivity contribution in [3.8, 4) is 0 Å². The van der Waals surface area contributed by atoms with Crippen molar-refractivity contribution in [2.45, 2.75) is 162 Å². The first kappa shape index (κ1) is 39.2. The van der Waals surface area contributed by atoms with E-state index < -0.39 is 15.6 Å². The van der Waals surface area contributed by atoms with E-state index in [0.29, 0.717) is 32.1 Å². The smallest absolute Gasteiger partial charge is 0.267 e. The van der Waals surface area contributed by atoms with E-state index >= 15 is 0 Å². The predicted octanol–water partition coefficient (Wildman–Crippen LogP) is 9.00. The fourth-order valence-corrected chi connectivity index (χ4v) is 5.90. The van der Waals surface area contributed by atoms with Gasteiger partial charge >= 0.3 is 0 Å². The van der Waals surface area contributed by atoms with Crippen LogP contribution in [0.5, 0.6) is 0 Å². The van der Waals surface area contributed by atoms with Gasteiger partial charge in [-0.1, -0.05) is 129 Å². The molecule has 10 heteroatoms. The maximum absolute atomic E-state index is 11.8. The maximum Gasteiger partial charge on any atom is 0.267 e. The van der Waals surface area contributed by atoms with Crippen molar-refractivity contribution in [2.24, 2.45) is 0 Å². The van der Waals surface area contributed by atoms with E-state index in [4.69, 9.17) is 18.1 Å². The first-order valence-electron chi connectivity index (χ1n) is 16.0. The van der Waals surface area contributed by atoms with Gasteiger partial charge in [0.15, 0.2) is 0 Å². The predicted molar refractivity (Wildman–Crippen MR) is 157 cm³/mol. The molecular formula is C29H60O8P2-2. The average Bonchev–Trinajstić information content (AvgIpc) is 2.89. The molecule has 0 spiro atoms. The highest BCUT2D eigenvalue weighted by molar-refractivity contribution is 7.46. The van der Waals surface area contributed by atoms with Crippen LogP contribution < -0.4 is 9.79 Å². The summed E-state index contributed by atoms with van der Waals surface area (Å²) in [6.45, 7) is 4.79. The molecule has 0 aliphatic carbocycles. The largest absolute Gasteiger partial charge is 0.756 e. The molecule has 0 aromatic carbocycles. The van der Waals surface area contributed by atoms with E-state index in [2.05, 4.69) is 13.8 Å². The molecule has 0 saturated carbocycles. The lowest BCUT2D eigenvalue weighted by Gasteiger charge is -2.23. The van der Waals surface area contributed by atoms with E-state index in [1.165, 1.54) is 89.9 Å². The molecule has 0 radical (unpaired) electrons. The van der Waals surface area contributed by atoms with Gasteiger partial charge in [-0.2, -0.15) is 0 Å². The Morgan fingerprint density at radius 2 is 0.538 bits per heavy atom. The van der Waals surface area contributed by atoms with E-state index in [1.54, 1.807) is 0 Å².